The Morgan fingerprint density at radius 3 is 1.56 bits per heavy atom. The molecule has 2 fully saturated rings. The first-order valence-corrected chi connectivity index (χ1v) is 17.8. The van der Waals surface area contributed by atoms with E-state index < -0.39 is 35.5 Å². The summed E-state index contributed by atoms with van der Waals surface area (Å²) in [7, 11) is 0. The maximum absolute atomic E-state index is 14.2. The molecular weight excluding hydrogens is 754 g/mol. The second-order valence-electron chi connectivity index (χ2n) is 14.1. The quantitative estimate of drug-likeness (QED) is 0.250. The van der Waals surface area contributed by atoms with Crippen LogP contribution in [0.25, 0.3) is 11.1 Å². The number of anilines is 2. The lowest BCUT2D eigenvalue weighted by atomic mass is 10.0. The van der Waals surface area contributed by atoms with Crippen LogP contribution in [0.2, 0.25) is 0 Å². The van der Waals surface area contributed by atoms with E-state index in [1.165, 1.54) is 15.9 Å². The summed E-state index contributed by atoms with van der Waals surface area (Å²) in [4.78, 5) is 53.0. The summed E-state index contributed by atoms with van der Waals surface area (Å²) in [6.07, 6.45) is 1.84. The van der Waals surface area contributed by atoms with E-state index in [0.29, 0.717) is 42.7 Å². The van der Waals surface area contributed by atoms with Crippen molar-refractivity contribution < 1.29 is 33.0 Å². The van der Waals surface area contributed by atoms with Gasteiger partial charge in [-0.3, -0.25) is 19.4 Å². The highest BCUT2D eigenvalue weighted by Gasteiger charge is 2.38. The zero-order valence-electron chi connectivity index (χ0n) is 29.4. The van der Waals surface area contributed by atoms with Crippen molar-refractivity contribution in [1.29, 1.82) is 0 Å². The van der Waals surface area contributed by atoms with Gasteiger partial charge in [0, 0.05) is 33.5 Å². The normalized spacial score (nSPS) is 17.4. The Labute approximate surface area is 307 Å². The molecule has 50 heavy (non-hydrogen) atoms. The van der Waals surface area contributed by atoms with Crippen molar-refractivity contribution in [2.24, 2.45) is 0 Å². The van der Waals surface area contributed by atoms with Gasteiger partial charge in [-0.1, -0.05) is 48.5 Å². The molecule has 0 saturated carbocycles. The number of para-hydroxylation sites is 2. The third kappa shape index (κ3) is 10.6. The number of rotatable bonds is 5. The molecule has 3 aromatic rings. The average molecular weight is 801 g/mol. The molecule has 2 aliphatic heterocycles. The predicted octanol–water partition coefficient (Wildman–Crippen LogP) is 8.46. The van der Waals surface area contributed by atoms with Gasteiger partial charge in [-0.2, -0.15) is 0 Å². The van der Waals surface area contributed by atoms with Gasteiger partial charge in [-0.15, -0.1) is 0 Å². The van der Waals surface area contributed by atoms with Crippen molar-refractivity contribution in [2.75, 3.05) is 23.7 Å². The Morgan fingerprint density at radius 2 is 1.08 bits per heavy atom. The highest BCUT2D eigenvalue weighted by atomic mass is 127. The second-order valence-corrected chi connectivity index (χ2v) is 15.3. The first-order chi connectivity index (χ1) is 23.5. The van der Waals surface area contributed by atoms with Crippen LogP contribution in [0, 0.1) is 9.39 Å². The molecule has 0 unspecified atom stereocenters. The molecule has 268 valence electrons. The molecule has 2 aliphatic rings. The maximum atomic E-state index is 14.2. The van der Waals surface area contributed by atoms with Crippen LogP contribution in [0.5, 0.6) is 0 Å². The highest BCUT2D eigenvalue weighted by molar-refractivity contribution is 14.1. The molecule has 2 N–H and O–H groups in total. The van der Waals surface area contributed by atoms with Gasteiger partial charge in [0.15, 0.2) is 0 Å². The molecule has 4 amide bonds. The molecule has 0 aliphatic carbocycles. The Bertz CT molecular complexity index is 1690. The van der Waals surface area contributed by atoms with Crippen LogP contribution in [-0.2, 0) is 19.1 Å². The lowest BCUT2D eigenvalue weighted by molar-refractivity contribution is -0.121. The third-order valence-electron chi connectivity index (χ3n) is 7.85. The third-order valence-corrected chi connectivity index (χ3v) is 8.79. The van der Waals surface area contributed by atoms with Gasteiger partial charge in [-0.25, -0.2) is 14.0 Å². The number of halogens is 2. The van der Waals surface area contributed by atoms with Gasteiger partial charge < -0.3 is 20.1 Å². The molecule has 0 bridgehead atoms. The summed E-state index contributed by atoms with van der Waals surface area (Å²) >= 11 is 2.17. The van der Waals surface area contributed by atoms with E-state index in [2.05, 4.69) is 33.2 Å². The number of carbonyl (C=O) groups excluding carboxylic acids is 4. The molecule has 2 heterocycles. The van der Waals surface area contributed by atoms with Crippen LogP contribution < -0.4 is 10.6 Å². The van der Waals surface area contributed by atoms with E-state index in [0.717, 1.165) is 22.1 Å². The van der Waals surface area contributed by atoms with Gasteiger partial charge in [-0.05, 0) is 114 Å². The van der Waals surface area contributed by atoms with Crippen molar-refractivity contribution in [3.05, 3.63) is 82.2 Å². The summed E-state index contributed by atoms with van der Waals surface area (Å²) in [5, 5.41) is 5.77. The van der Waals surface area contributed by atoms with Crippen LogP contribution >= 0.6 is 22.6 Å². The molecule has 2 saturated heterocycles. The van der Waals surface area contributed by atoms with E-state index >= 15 is 0 Å². The number of hydrogen-bond acceptors (Lipinski definition) is 6. The van der Waals surface area contributed by atoms with Gasteiger partial charge in [0.1, 0.15) is 29.1 Å². The molecule has 10 nitrogen and oxygen atoms in total. The summed E-state index contributed by atoms with van der Waals surface area (Å²) in [5.41, 5.74) is 1.09. The number of nitrogens with one attached hydrogen (secondary N) is 2. The largest absolute Gasteiger partial charge is 0.444 e. The number of likely N-dealkylation sites (tertiary alicyclic amines) is 2. The summed E-state index contributed by atoms with van der Waals surface area (Å²) < 4.78 is 26.0. The predicted molar refractivity (Wildman–Crippen MR) is 200 cm³/mol. The van der Waals surface area contributed by atoms with Crippen LogP contribution in [0.1, 0.15) is 67.2 Å². The zero-order valence-corrected chi connectivity index (χ0v) is 31.6. The molecule has 3 aromatic carbocycles. The summed E-state index contributed by atoms with van der Waals surface area (Å²) in [5.74, 6) is -0.819. The number of carbonyl (C=O) groups is 4. The van der Waals surface area contributed by atoms with Crippen molar-refractivity contribution in [3.63, 3.8) is 0 Å². The van der Waals surface area contributed by atoms with Crippen LogP contribution in [0.15, 0.2) is 72.8 Å². The molecular formula is C38H46FIN4O6. The lowest BCUT2D eigenvalue weighted by Gasteiger charge is -2.28. The van der Waals surface area contributed by atoms with Crippen LogP contribution in [0.4, 0.5) is 25.4 Å². The van der Waals surface area contributed by atoms with Gasteiger partial charge in [0.25, 0.3) is 0 Å². The summed E-state index contributed by atoms with van der Waals surface area (Å²) in [6.45, 7) is 11.9. The minimum atomic E-state index is -0.627. The Morgan fingerprint density at radius 1 is 0.660 bits per heavy atom. The number of amides is 4. The highest BCUT2D eigenvalue weighted by Crippen LogP contribution is 2.31. The fourth-order valence-electron chi connectivity index (χ4n) is 5.66. The number of ether oxygens (including phenoxy) is 2. The zero-order chi connectivity index (χ0) is 36.6. The lowest BCUT2D eigenvalue weighted by Crippen LogP contribution is -2.45. The van der Waals surface area contributed by atoms with Crippen LogP contribution in [-0.4, -0.2) is 70.2 Å². The van der Waals surface area contributed by atoms with Crippen molar-refractivity contribution in [3.8, 4) is 11.1 Å². The monoisotopic (exact) mass is 800 g/mol. The van der Waals surface area contributed by atoms with Crippen molar-refractivity contribution >= 4 is 58.0 Å². The van der Waals surface area contributed by atoms with E-state index in [9.17, 15) is 23.6 Å². The molecule has 5 rings (SSSR count). The molecule has 2 atom stereocenters. The smallest absolute Gasteiger partial charge is 0.410 e. The number of benzene rings is 3. The average Bonchev–Trinajstić information content (AvgIpc) is 3.73. The number of nitrogens with zero attached hydrogens (tertiary/aromatic N) is 2. The minimum Gasteiger partial charge on any atom is -0.444 e. The van der Waals surface area contributed by atoms with Gasteiger partial charge in [0.05, 0.1) is 5.69 Å². The first-order valence-electron chi connectivity index (χ1n) is 16.7. The minimum absolute atomic E-state index is 0.160. The fraction of sp³-hybridized carbons (Fsp3) is 0.421. The van der Waals surface area contributed by atoms with Gasteiger partial charge >= 0.3 is 12.2 Å². The van der Waals surface area contributed by atoms with Crippen LogP contribution in [0.3, 0.4) is 0 Å². The Hall–Kier alpha value is -4.20. The molecule has 0 spiro atoms. The van der Waals surface area contributed by atoms with E-state index in [-0.39, 0.29) is 17.6 Å². The molecule has 0 radical (unpaired) electrons. The topological polar surface area (TPSA) is 117 Å². The van der Waals surface area contributed by atoms with E-state index in [1.807, 2.05) is 45.0 Å². The standard InChI is InChI=1S/C22H25FN2O3.C16H21IN2O3/c1-22(2,3)28-21(27)25-14-8-13-19(25)20(26)24-18-12-7-5-10-16(18)15-9-4-6-11-17(15)23;1-16(2,3)22-15(21)19-10-6-9-13(19)14(20)18-12-8-5-4-7-11(12)17/h4-7,9-12,19H,8,13-14H2,1-3H3,(H,24,26);4-5,7-8,13H,6,9-10H2,1-3H3,(H,18,20)/t19-;13-/m00/s1. The fourth-order valence-corrected chi connectivity index (χ4v) is 6.18. The van der Waals surface area contributed by atoms with E-state index in [1.54, 1.807) is 63.2 Å². The van der Waals surface area contributed by atoms with Crippen molar-refractivity contribution in [2.45, 2.75) is 90.5 Å². The molecule has 12 heteroatoms. The molecule has 0 aromatic heterocycles. The van der Waals surface area contributed by atoms with Gasteiger partial charge in [0.2, 0.25) is 11.8 Å². The number of hydrogen-bond donors (Lipinski definition) is 2. The van der Waals surface area contributed by atoms with Crippen molar-refractivity contribution in [1.82, 2.24) is 9.80 Å². The first kappa shape index (κ1) is 38.6. The SMILES string of the molecule is CC(C)(C)OC(=O)N1CCC[C@H]1C(=O)Nc1ccccc1-c1ccccc1F.CC(C)(C)OC(=O)N1CCC[C@H]1C(=O)Nc1ccccc1I. The summed E-state index contributed by atoms with van der Waals surface area (Å²) in [6, 6.07) is 20.0. The second kappa shape index (κ2) is 16.7. The van der Waals surface area contributed by atoms with E-state index in [4.69, 9.17) is 9.47 Å². The maximum Gasteiger partial charge on any atom is 0.410 e. The Kier molecular flexibility index (Phi) is 12.9. The Balaban J connectivity index is 0.000000232.